The van der Waals surface area contributed by atoms with Crippen LogP contribution in [0.3, 0.4) is 0 Å². The Morgan fingerprint density at radius 2 is 1.94 bits per heavy atom. The molecule has 0 saturated carbocycles. The van der Waals surface area contributed by atoms with Crippen molar-refractivity contribution in [2.45, 2.75) is 12.5 Å². The maximum atomic E-state index is 5.44. The molecule has 0 spiro atoms. The summed E-state index contributed by atoms with van der Waals surface area (Å²) in [6.45, 7) is 2.31. The van der Waals surface area contributed by atoms with E-state index in [1.807, 2.05) is 38.0 Å². The van der Waals surface area contributed by atoms with Gasteiger partial charge in [-0.15, -0.1) is 0 Å². The summed E-state index contributed by atoms with van der Waals surface area (Å²) >= 11 is 0. The molecule has 0 aromatic rings. The van der Waals surface area contributed by atoms with Crippen molar-refractivity contribution >= 4 is 5.96 Å². The number of hydrogen-bond acceptors (Lipinski definition) is 3. The lowest BCUT2D eigenvalue weighted by Crippen LogP contribution is -2.39. The van der Waals surface area contributed by atoms with Gasteiger partial charge in [0.1, 0.15) is 0 Å². The van der Waals surface area contributed by atoms with Crippen molar-refractivity contribution in [3.8, 4) is 0 Å². The van der Waals surface area contributed by atoms with Crippen LogP contribution in [0, 0.1) is 5.92 Å². The summed E-state index contributed by atoms with van der Waals surface area (Å²) in [7, 11) is 9.79. The molecule has 0 radical (unpaired) electrons. The first-order valence-corrected chi connectivity index (χ1v) is 6.06. The second-order valence-corrected chi connectivity index (χ2v) is 4.83. The summed E-state index contributed by atoms with van der Waals surface area (Å²) in [5.41, 5.74) is 0. The van der Waals surface area contributed by atoms with Crippen LogP contribution in [0.25, 0.3) is 0 Å². The van der Waals surface area contributed by atoms with Crippen LogP contribution >= 0.6 is 0 Å². The molecule has 1 rings (SSSR count). The number of rotatable bonds is 3. The molecule has 100 valence electrons. The molecule has 1 aliphatic heterocycles. The fraction of sp³-hybridized carbons (Fsp3) is 0.917. The molecule has 0 amide bonds. The van der Waals surface area contributed by atoms with E-state index in [-0.39, 0.29) is 6.10 Å². The first kappa shape index (κ1) is 14.3. The first-order chi connectivity index (χ1) is 8.06. The summed E-state index contributed by atoms with van der Waals surface area (Å²) in [6, 6.07) is 0. The number of aliphatic imine (C=N–C) groups is 1. The molecule has 0 aromatic heterocycles. The Balaban J connectivity index is 2.59. The molecule has 0 aromatic carbocycles. The minimum Gasteiger partial charge on any atom is -0.379 e. The van der Waals surface area contributed by atoms with Gasteiger partial charge in [-0.3, -0.25) is 4.99 Å². The lowest BCUT2D eigenvalue weighted by Gasteiger charge is -2.30. The van der Waals surface area contributed by atoms with E-state index >= 15 is 0 Å². The molecule has 0 N–H and O–H groups in total. The standard InChI is InChI=1S/C12H25N3O2/c1-14(2)12(15(3)4)13-8-10-6-7-17-9-11(10)16-5/h10-11H,6-9H2,1-5H3. The van der Waals surface area contributed by atoms with E-state index in [1.54, 1.807) is 7.11 Å². The third-order valence-electron chi connectivity index (χ3n) is 3.01. The van der Waals surface area contributed by atoms with Crippen LogP contribution in [0.15, 0.2) is 4.99 Å². The zero-order chi connectivity index (χ0) is 12.8. The lowest BCUT2D eigenvalue weighted by atomic mass is 9.97. The largest absolute Gasteiger partial charge is 0.379 e. The van der Waals surface area contributed by atoms with Gasteiger partial charge in [-0.05, 0) is 6.42 Å². The molecule has 0 bridgehead atoms. The molecular weight excluding hydrogens is 218 g/mol. The van der Waals surface area contributed by atoms with Crippen LogP contribution in [0.1, 0.15) is 6.42 Å². The third kappa shape index (κ3) is 4.16. The molecule has 1 fully saturated rings. The molecule has 17 heavy (non-hydrogen) atoms. The van der Waals surface area contributed by atoms with E-state index in [4.69, 9.17) is 9.47 Å². The number of guanidine groups is 1. The Morgan fingerprint density at radius 3 is 2.47 bits per heavy atom. The van der Waals surface area contributed by atoms with E-state index < -0.39 is 0 Å². The van der Waals surface area contributed by atoms with Gasteiger partial charge in [-0.1, -0.05) is 0 Å². The first-order valence-electron chi connectivity index (χ1n) is 6.06. The third-order valence-corrected chi connectivity index (χ3v) is 3.01. The lowest BCUT2D eigenvalue weighted by molar-refractivity contribution is -0.0624. The fourth-order valence-electron chi connectivity index (χ4n) is 2.11. The van der Waals surface area contributed by atoms with Gasteiger partial charge in [0.05, 0.1) is 12.7 Å². The van der Waals surface area contributed by atoms with Crippen molar-refractivity contribution in [2.75, 3.05) is 55.1 Å². The number of nitrogens with zero attached hydrogens (tertiary/aromatic N) is 3. The van der Waals surface area contributed by atoms with Gasteiger partial charge in [-0.2, -0.15) is 0 Å². The zero-order valence-electron chi connectivity index (χ0n) is 11.6. The maximum absolute atomic E-state index is 5.44. The second kappa shape index (κ2) is 6.81. The van der Waals surface area contributed by atoms with Crippen LogP contribution in [-0.2, 0) is 9.47 Å². The zero-order valence-corrected chi connectivity index (χ0v) is 11.6. The Morgan fingerprint density at radius 1 is 1.29 bits per heavy atom. The molecule has 1 heterocycles. The topological polar surface area (TPSA) is 37.3 Å². The van der Waals surface area contributed by atoms with Crippen LogP contribution in [-0.4, -0.2) is 76.9 Å². The van der Waals surface area contributed by atoms with Gasteiger partial charge in [-0.25, -0.2) is 0 Å². The SMILES string of the molecule is COC1COCCC1CN=C(N(C)C)N(C)C. The van der Waals surface area contributed by atoms with E-state index in [0.29, 0.717) is 12.5 Å². The fourth-order valence-corrected chi connectivity index (χ4v) is 2.11. The summed E-state index contributed by atoms with van der Waals surface area (Å²) in [6.07, 6.45) is 1.20. The van der Waals surface area contributed by atoms with Crippen molar-refractivity contribution in [3.63, 3.8) is 0 Å². The van der Waals surface area contributed by atoms with Crippen LogP contribution in [0.4, 0.5) is 0 Å². The molecule has 2 atom stereocenters. The molecule has 1 aliphatic rings. The predicted molar refractivity (Wildman–Crippen MR) is 69.4 cm³/mol. The Labute approximate surface area is 104 Å². The summed E-state index contributed by atoms with van der Waals surface area (Å²) in [5, 5.41) is 0. The van der Waals surface area contributed by atoms with Crippen LogP contribution in [0.2, 0.25) is 0 Å². The van der Waals surface area contributed by atoms with Crippen molar-refractivity contribution < 1.29 is 9.47 Å². The van der Waals surface area contributed by atoms with E-state index in [1.165, 1.54) is 0 Å². The van der Waals surface area contributed by atoms with Gasteiger partial charge in [0.15, 0.2) is 5.96 Å². The summed E-state index contributed by atoms with van der Waals surface area (Å²) in [4.78, 5) is 8.74. The summed E-state index contributed by atoms with van der Waals surface area (Å²) < 4.78 is 10.8. The highest BCUT2D eigenvalue weighted by Crippen LogP contribution is 2.18. The predicted octanol–water partition coefficient (Wildman–Crippen LogP) is 0.517. The molecule has 0 aliphatic carbocycles. The van der Waals surface area contributed by atoms with Crippen LogP contribution < -0.4 is 0 Å². The minimum atomic E-state index is 0.179. The van der Waals surface area contributed by atoms with E-state index in [2.05, 4.69) is 4.99 Å². The molecule has 5 heteroatoms. The smallest absolute Gasteiger partial charge is 0.195 e. The quantitative estimate of drug-likeness (QED) is 0.535. The number of ether oxygens (including phenoxy) is 2. The Bertz CT molecular complexity index is 244. The van der Waals surface area contributed by atoms with Crippen molar-refractivity contribution in [1.29, 1.82) is 0 Å². The summed E-state index contributed by atoms with van der Waals surface area (Å²) in [5.74, 6) is 1.45. The Hall–Kier alpha value is -0.810. The minimum absolute atomic E-state index is 0.179. The van der Waals surface area contributed by atoms with Gasteiger partial charge in [0.25, 0.3) is 0 Å². The molecular formula is C12H25N3O2. The van der Waals surface area contributed by atoms with Crippen LogP contribution in [0.5, 0.6) is 0 Å². The molecule has 2 unspecified atom stereocenters. The van der Waals surface area contributed by atoms with Gasteiger partial charge in [0, 0.05) is 54.4 Å². The van der Waals surface area contributed by atoms with Crippen molar-refractivity contribution in [3.05, 3.63) is 0 Å². The normalized spacial score (nSPS) is 24.3. The number of methoxy groups -OCH3 is 1. The van der Waals surface area contributed by atoms with Crippen molar-refractivity contribution in [1.82, 2.24) is 9.80 Å². The molecule has 1 saturated heterocycles. The van der Waals surface area contributed by atoms with E-state index in [0.717, 1.165) is 25.5 Å². The highest BCUT2D eigenvalue weighted by molar-refractivity contribution is 5.79. The number of hydrogen-bond donors (Lipinski definition) is 0. The highest BCUT2D eigenvalue weighted by atomic mass is 16.5. The van der Waals surface area contributed by atoms with Gasteiger partial charge in [0.2, 0.25) is 0 Å². The Kier molecular flexibility index (Phi) is 5.71. The monoisotopic (exact) mass is 243 g/mol. The average Bonchev–Trinajstić information content (AvgIpc) is 2.29. The average molecular weight is 243 g/mol. The maximum Gasteiger partial charge on any atom is 0.195 e. The van der Waals surface area contributed by atoms with Gasteiger partial charge >= 0.3 is 0 Å². The highest BCUT2D eigenvalue weighted by Gasteiger charge is 2.25. The second-order valence-electron chi connectivity index (χ2n) is 4.83. The van der Waals surface area contributed by atoms with Gasteiger partial charge < -0.3 is 19.3 Å². The van der Waals surface area contributed by atoms with E-state index in [9.17, 15) is 0 Å². The molecule has 5 nitrogen and oxygen atoms in total. The van der Waals surface area contributed by atoms with Crippen molar-refractivity contribution in [2.24, 2.45) is 10.9 Å².